The Hall–Kier alpha value is -2.17. The summed E-state index contributed by atoms with van der Waals surface area (Å²) in [7, 11) is 0. The molecular weight excluding hydrogens is 218 g/mol. The third kappa shape index (κ3) is 2.33. The fourth-order valence-corrected chi connectivity index (χ4v) is 1.74. The first-order chi connectivity index (χ1) is 8.22. The molecule has 5 heteroatoms. The third-order valence-electron chi connectivity index (χ3n) is 2.49. The molecule has 1 amide bonds. The van der Waals surface area contributed by atoms with Crippen LogP contribution < -0.4 is 5.32 Å². The molecule has 17 heavy (non-hydrogen) atoms. The number of para-hydroxylation sites is 2. The molecule has 1 aromatic carbocycles. The fraction of sp³-hybridized carbons (Fsp3) is 0.250. The van der Waals surface area contributed by atoms with Crippen molar-refractivity contribution in [3.8, 4) is 0 Å². The second-order valence-electron chi connectivity index (χ2n) is 3.70. The highest BCUT2D eigenvalue weighted by molar-refractivity contribution is 5.77. The summed E-state index contributed by atoms with van der Waals surface area (Å²) >= 11 is 0. The van der Waals surface area contributed by atoms with E-state index in [4.69, 9.17) is 0 Å². The van der Waals surface area contributed by atoms with Crippen LogP contribution in [-0.2, 0) is 22.7 Å². The van der Waals surface area contributed by atoms with Crippen molar-refractivity contribution in [2.45, 2.75) is 20.0 Å². The van der Waals surface area contributed by atoms with Gasteiger partial charge in [0.15, 0.2) is 0 Å². The number of amides is 1. The van der Waals surface area contributed by atoms with Crippen molar-refractivity contribution in [2.75, 3.05) is 0 Å². The zero-order valence-electron chi connectivity index (χ0n) is 9.51. The average Bonchev–Trinajstić information content (AvgIpc) is 2.66. The zero-order valence-corrected chi connectivity index (χ0v) is 9.51. The van der Waals surface area contributed by atoms with E-state index in [2.05, 4.69) is 10.3 Å². The first-order valence-electron chi connectivity index (χ1n) is 5.34. The smallest absolute Gasteiger partial charge is 0.217 e. The van der Waals surface area contributed by atoms with Gasteiger partial charge in [-0.05, 0) is 12.1 Å². The van der Waals surface area contributed by atoms with Crippen molar-refractivity contribution in [2.24, 2.45) is 0 Å². The minimum absolute atomic E-state index is 0.116. The van der Waals surface area contributed by atoms with Crippen LogP contribution in [0.5, 0.6) is 0 Å². The Labute approximate surface area is 98.4 Å². The summed E-state index contributed by atoms with van der Waals surface area (Å²) < 4.78 is 1.80. The lowest BCUT2D eigenvalue weighted by Gasteiger charge is -2.05. The standard InChI is InChI=1S/C12H13N3O2/c1-9(17)13-8-12-14-10-4-2-3-5-11(10)15(12)6-7-16/h2-5,7H,6,8H2,1H3,(H,13,17). The molecule has 0 fully saturated rings. The SMILES string of the molecule is CC(=O)NCc1nc2ccccc2n1CC=O. The van der Waals surface area contributed by atoms with Crippen molar-refractivity contribution in [1.82, 2.24) is 14.9 Å². The monoisotopic (exact) mass is 231 g/mol. The molecule has 0 aliphatic carbocycles. The van der Waals surface area contributed by atoms with E-state index in [1.807, 2.05) is 24.3 Å². The van der Waals surface area contributed by atoms with Crippen LogP contribution in [0, 0.1) is 0 Å². The topological polar surface area (TPSA) is 64.0 Å². The molecule has 0 saturated heterocycles. The van der Waals surface area contributed by atoms with Gasteiger partial charge in [-0.25, -0.2) is 4.98 Å². The Morgan fingerprint density at radius 3 is 2.94 bits per heavy atom. The fourth-order valence-electron chi connectivity index (χ4n) is 1.74. The highest BCUT2D eigenvalue weighted by atomic mass is 16.1. The van der Waals surface area contributed by atoms with E-state index in [0.29, 0.717) is 12.4 Å². The van der Waals surface area contributed by atoms with Crippen molar-refractivity contribution >= 4 is 23.2 Å². The van der Waals surface area contributed by atoms with Gasteiger partial charge in [0.2, 0.25) is 5.91 Å². The van der Waals surface area contributed by atoms with E-state index in [1.54, 1.807) is 4.57 Å². The largest absolute Gasteiger partial charge is 0.349 e. The maximum atomic E-state index is 10.9. The van der Waals surface area contributed by atoms with E-state index in [1.165, 1.54) is 6.92 Å². The minimum Gasteiger partial charge on any atom is -0.349 e. The van der Waals surface area contributed by atoms with E-state index in [9.17, 15) is 9.59 Å². The van der Waals surface area contributed by atoms with E-state index >= 15 is 0 Å². The number of benzene rings is 1. The second-order valence-corrected chi connectivity index (χ2v) is 3.70. The number of imidazole rings is 1. The minimum atomic E-state index is -0.116. The molecule has 0 spiro atoms. The summed E-state index contributed by atoms with van der Waals surface area (Å²) in [4.78, 5) is 25.9. The molecule has 1 heterocycles. The number of aldehydes is 1. The van der Waals surface area contributed by atoms with Crippen molar-refractivity contribution in [3.05, 3.63) is 30.1 Å². The van der Waals surface area contributed by atoms with Crippen LogP contribution in [0.1, 0.15) is 12.7 Å². The van der Waals surface area contributed by atoms with Gasteiger partial charge in [-0.15, -0.1) is 0 Å². The van der Waals surface area contributed by atoms with Crippen molar-refractivity contribution in [1.29, 1.82) is 0 Å². The summed E-state index contributed by atoms with van der Waals surface area (Å²) in [6, 6.07) is 7.58. The highest BCUT2D eigenvalue weighted by Gasteiger charge is 2.09. The molecule has 0 unspecified atom stereocenters. The van der Waals surface area contributed by atoms with Crippen LogP contribution in [-0.4, -0.2) is 21.7 Å². The maximum Gasteiger partial charge on any atom is 0.217 e. The number of hydrogen-bond acceptors (Lipinski definition) is 3. The third-order valence-corrected chi connectivity index (χ3v) is 2.49. The van der Waals surface area contributed by atoms with Crippen LogP contribution in [0.4, 0.5) is 0 Å². The molecular formula is C12H13N3O2. The van der Waals surface area contributed by atoms with Gasteiger partial charge in [-0.2, -0.15) is 0 Å². The quantitative estimate of drug-likeness (QED) is 0.794. The predicted molar refractivity (Wildman–Crippen MR) is 63.3 cm³/mol. The van der Waals surface area contributed by atoms with E-state index < -0.39 is 0 Å². The lowest BCUT2D eigenvalue weighted by molar-refractivity contribution is -0.119. The molecule has 0 atom stereocenters. The van der Waals surface area contributed by atoms with E-state index in [-0.39, 0.29) is 12.5 Å². The summed E-state index contributed by atoms with van der Waals surface area (Å²) in [6.07, 6.45) is 0.825. The normalized spacial score (nSPS) is 10.4. The van der Waals surface area contributed by atoms with Gasteiger partial charge >= 0.3 is 0 Å². The Kier molecular flexibility index (Phi) is 3.18. The number of nitrogens with one attached hydrogen (secondary N) is 1. The number of nitrogens with zero attached hydrogens (tertiary/aromatic N) is 2. The number of rotatable bonds is 4. The van der Waals surface area contributed by atoms with Crippen LogP contribution >= 0.6 is 0 Å². The molecule has 2 aromatic rings. The molecule has 0 aliphatic heterocycles. The van der Waals surface area contributed by atoms with Crippen LogP contribution in [0.15, 0.2) is 24.3 Å². The first-order valence-corrected chi connectivity index (χ1v) is 5.34. The Bertz CT molecular complexity index is 560. The Balaban J connectivity index is 2.41. The van der Waals surface area contributed by atoms with Gasteiger partial charge in [0.05, 0.1) is 24.1 Å². The van der Waals surface area contributed by atoms with Crippen molar-refractivity contribution < 1.29 is 9.59 Å². The average molecular weight is 231 g/mol. The zero-order chi connectivity index (χ0) is 12.3. The molecule has 0 saturated carbocycles. The van der Waals surface area contributed by atoms with Crippen LogP contribution in [0.25, 0.3) is 11.0 Å². The van der Waals surface area contributed by atoms with Gasteiger partial charge < -0.3 is 14.7 Å². The summed E-state index contributed by atoms with van der Waals surface area (Å²) in [5.41, 5.74) is 1.73. The van der Waals surface area contributed by atoms with Gasteiger partial charge in [0, 0.05) is 6.92 Å². The van der Waals surface area contributed by atoms with Gasteiger partial charge in [-0.1, -0.05) is 12.1 Å². The maximum absolute atomic E-state index is 10.9. The molecule has 0 aliphatic rings. The number of fused-ring (bicyclic) bond motifs is 1. The second kappa shape index (κ2) is 4.78. The summed E-state index contributed by atoms with van der Waals surface area (Å²) in [5.74, 6) is 0.572. The number of carbonyl (C=O) groups excluding carboxylic acids is 2. The molecule has 0 bridgehead atoms. The van der Waals surface area contributed by atoms with Gasteiger partial charge in [-0.3, -0.25) is 4.79 Å². The molecule has 0 radical (unpaired) electrons. The van der Waals surface area contributed by atoms with E-state index in [0.717, 1.165) is 17.3 Å². The van der Waals surface area contributed by atoms with Gasteiger partial charge in [0.25, 0.3) is 0 Å². The lowest BCUT2D eigenvalue weighted by atomic mass is 10.3. The molecule has 2 rings (SSSR count). The molecule has 1 N–H and O–H groups in total. The predicted octanol–water partition coefficient (Wildman–Crippen LogP) is 0.871. The van der Waals surface area contributed by atoms with Crippen molar-refractivity contribution in [3.63, 3.8) is 0 Å². The summed E-state index contributed by atoms with van der Waals surface area (Å²) in [6.45, 7) is 2.03. The number of carbonyl (C=O) groups is 2. The number of aromatic nitrogens is 2. The lowest BCUT2D eigenvalue weighted by Crippen LogP contribution is -2.21. The Morgan fingerprint density at radius 2 is 2.24 bits per heavy atom. The highest BCUT2D eigenvalue weighted by Crippen LogP contribution is 2.15. The summed E-state index contributed by atoms with van der Waals surface area (Å²) in [5, 5.41) is 2.68. The first kappa shape index (κ1) is 11.3. The van der Waals surface area contributed by atoms with Crippen LogP contribution in [0.2, 0.25) is 0 Å². The Morgan fingerprint density at radius 1 is 1.47 bits per heavy atom. The van der Waals surface area contributed by atoms with Crippen LogP contribution in [0.3, 0.4) is 0 Å². The molecule has 88 valence electrons. The van der Waals surface area contributed by atoms with Gasteiger partial charge in [0.1, 0.15) is 12.1 Å². The molecule has 1 aromatic heterocycles. The molecule has 5 nitrogen and oxygen atoms in total. The number of hydrogen-bond donors (Lipinski definition) is 1.